The van der Waals surface area contributed by atoms with Gasteiger partial charge in [0.1, 0.15) is 4.70 Å². The number of fused-ring (bicyclic) bond motifs is 1. The minimum absolute atomic E-state index is 0.0236. The molecule has 4 heteroatoms. The van der Waals surface area contributed by atoms with Gasteiger partial charge in [0.25, 0.3) is 5.56 Å². The summed E-state index contributed by atoms with van der Waals surface area (Å²) in [5.74, 6) is 0. The van der Waals surface area contributed by atoms with E-state index in [9.17, 15) is 4.79 Å². The number of benzene rings is 2. The maximum Gasteiger partial charge on any atom is 0.271 e. The summed E-state index contributed by atoms with van der Waals surface area (Å²) in [4.78, 5) is 17.4. The fraction of sp³-hybridized carbons (Fsp3) is 0.100. The SMILES string of the molecule is Cc1ccccc1Cn1cnc2c(-c3ccccc3)csc2c1=O. The van der Waals surface area contributed by atoms with Crippen molar-refractivity contribution in [2.75, 3.05) is 0 Å². The highest BCUT2D eigenvalue weighted by Crippen LogP contribution is 2.30. The van der Waals surface area contributed by atoms with Crippen molar-refractivity contribution >= 4 is 21.6 Å². The molecule has 0 aliphatic carbocycles. The van der Waals surface area contributed by atoms with Gasteiger partial charge in [-0.2, -0.15) is 0 Å². The number of aromatic nitrogens is 2. The summed E-state index contributed by atoms with van der Waals surface area (Å²) in [7, 11) is 0. The summed E-state index contributed by atoms with van der Waals surface area (Å²) in [6, 6.07) is 18.2. The van der Waals surface area contributed by atoms with Gasteiger partial charge >= 0.3 is 0 Å². The minimum atomic E-state index is 0.0236. The molecular weight excluding hydrogens is 316 g/mol. The zero-order valence-electron chi connectivity index (χ0n) is 13.3. The molecule has 0 bridgehead atoms. The molecule has 4 rings (SSSR count). The van der Waals surface area contributed by atoms with Crippen molar-refractivity contribution in [2.45, 2.75) is 13.5 Å². The van der Waals surface area contributed by atoms with Crippen LogP contribution in [0, 0.1) is 6.92 Å². The Bertz CT molecular complexity index is 1060. The fourth-order valence-electron chi connectivity index (χ4n) is 2.85. The average Bonchev–Trinajstić information content (AvgIpc) is 3.05. The smallest absolute Gasteiger partial charge is 0.271 e. The molecule has 4 aromatic rings. The highest BCUT2D eigenvalue weighted by Gasteiger charge is 2.12. The third-order valence-corrected chi connectivity index (χ3v) is 5.19. The van der Waals surface area contributed by atoms with Crippen molar-refractivity contribution in [1.29, 1.82) is 0 Å². The van der Waals surface area contributed by atoms with E-state index in [0.29, 0.717) is 11.2 Å². The first-order chi connectivity index (χ1) is 11.7. The van der Waals surface area contributed by atoms with Gasteiger partial charge < -0.3 is 0 Å². The quantitative estimate of drug-likeness (QED) is 0.554. The van der Waals surface area contributed by atoms with Crippen molar-refractivity contribution < 1.29 is 0 Å². The lowest BCUT2D eigenvalue weighted by molar-refractivity contribution is 0.746. The molecule has 2 aromatic carbocycles. The van der Waals surface area contributed by atoms with E-state index in [4.69, 9.17) is 0 Å². The lowest BCUT2D eigenvalue weighted by Gasteiger charge is -2.08. The second kappa shape index (κ2) is 6.06. The number of rotatable bonds is 3. The Morgan fingerprint density at radius 3 is 2.58 bits per heavy atom. The molecule has 0 aliphatic heterocycles. The Hall–Kier alpha value is -2.72. The van der Waals surface area contributed by atoms with Crippen molar-refractivity contribution in [1.82, 2.24) is 9.55 Å². The standard InChI is InChI=1S/C20H16N2OS/c1-14-7-5-6-10-16(14)11-22-13-21-18-17(12-24-19(18)20(22)23)15-8-3-2-4-9-15/h2-10,12-13H,11H2,1H3. The van der Waals surface area contributed by atoms with Crippen LogP contribution < -0.4 is 5.56 Å². The zero-order valence-corrected chi connectivity index (χ0v) is 14.1. The van der Waals surface area contributed by atoms with Crippen molar-refractivity contribution in [3.63, 3.8) is 0 Å². The Kier molecular flexibility index (Phi) is 3.75. The molecule has 0 radical (unpaired) electrons. The number of thiophene rings is 1. The van der Waals surface area contributed by atoms with E-state index in [1.807, 2.05) is 47.8 Å². The van der Waals surface area contributed by atoms with E-state index in [-0.39, 0.29) is 5.56 Å². The van der Waals surface area contributed by atoms with Crippen LogP contribution in [0.25, 0.3) is 21.3 Å². The molecule has 0 unspecified atom stereocenters. The van der Waals surface area contributed by atoms with E-state index in [1.165, 1.54) is 16.9 Å². The Balaban J connectivity index is 1.80. The molecule has 0 saturated carbocycles. The van der Waals surface area contributed by atoms with Crippen molar-refractivity contribution in [3.05, 3.63) is 87.8 Å². The molecule has 2 aromatic heterocycles. The summed E-state index contributed by atoms with van der Waals surface area (Å²) in [5, 5.41) is 2.02. The summed E-state index contributed by atoms with van der Waals surface area (Å²) < 4.78 is 2.40. The second-order valence-electron chi connectivity index (χ2n) is 5.80. The van der Waals surface area contributed by atoms with E-state index in [0.717, 1.165) is 22.2 Å². The van der Waals surface area contributed by atoms with E-state index in [1.54, 1.807) is 10.9 Å². The van der Waals surface area contributed by atoms with E-state index >= 15 is 0 Å². The Morgan fingerprint density at radius 2 is 1.79 bits per heavy atom. The highest BCUT2D eigenvalue weighted by molar-refractivity contribution is 7.17. The lowest BCUT2D eigenvalue weighted by atomic mass is 10.1. The molecule has 3 nitrogen and oxygen atoms in total. The average molecular weight is 332 g/mol. The largest absolute Gasteiger partial charge is 0.294 e. The number of hydrogen-bond acceptors (Lipinski definition) is 3. The van der Waals surface area contributed by atoms with Crippen LogP contribution >= 0.6 is 11.3 Å². The van der Waals surface area contributed by atoms with E-state index < -0.39 is 0 Å². The molecule has 2 heterocycles. The summed E-state index contributed by atoms with van der Waals surface area (Å²) in [6.07, 6.45) is 1.66. The lowest BCUT2D eigenvalue weighted by Crippen LogP contribution is -2.20. The first kappa shape index (κ1) is 14.8. The van der Waals surface area contributed by atoms with Crippen LogP contribution in [0.3, 0.4) is 0 Å². The topological polar surface area (TPSA) is 34.9 Å². The minimum Gasteiger partial charge on any atom is -0.294 e. The van der Waals surface area contributed by atoms with Gasteiger partial charge in [-0.25, -0.2) is 4.98 Å². The molecule has 0 N–H and O–H groups in total. The molecule has 24 heavy (non-hydrogen) atoms. The van der Waals surface area contributed by atoms with E-state index in [2.05, 4.69) is 24.0 Å². The van der Waals surface area contributed by atoms with Crippen LogP contribution in [0.1, 0.15) is 11.1 Å². The molecule has 0 fully saturated rings. The van der Waals surface area contributed by atoms with Gasteiger partial charge in [-0.3, -0.25) is 9.36 Å². The summed E-state index contributed by atoms with van der Waals surface area (Å²) >= 11 is 1.47. The normalized spacial score (nSPS) is 11.0. The van der Waals surface area contributed by atoms with Crippen molar-refractivity contribution in [3.8, 4) is 11.1 Å². The number of aryl methyl sites for hydroxylation is 1. The van der Waals surface area contributed by atoms with Crippen LogP contribution in [-0.4, -0.2) is 9.55 Å². The fourth-order valence-corrected chi connectivity index (χ4v) is 3.82. The molecular formula is C20H16N2OS. The first-order valence-electron chi connectivity index (χ1n) is 7.80. The molecule has 0 spiro atoms. The predicted molar refractivity (Wildman–Crippen MR) is 99.6 cm³/mol. The number of hydrogen-bond donors (Lipinski definition) is 0. The van der Waals surface area contributed by atoms with Gasteiger partial charge in [-0.1, -0.05) is 54.6 Å². The van der Waals surface area contributed by atoms with Gasteiger partial charge in [0.15, 0.2) is 0 Å². The van der Waals surface area contributed by atoms with Crippen LogP contribution in [-0.2, 0) is 6.54 Å². The maximum atomic E-state index is 12.8. The van der Waals surface area contributed by atoms with Crippen LogP contribution in [0.2, 0.25) is 0 Å². The van der Waals surface area contributed by atoms with Crippen LogP contribution in [0.15, 0.2) is 71.1 Å². The van der Waals surface area contributed by atoms with Crippen molar-refractivity contribution in [2.24, 2.45) is 0 Å². The monoisotopic (exact) mass is 332 g/mol. The molecule has 0 aliphatic rings. The summed E-state index contributed by atoms with van der Waals surface area (Å²) in [6.45, 7) is 2.61. The zero-order chi connectivity index (χ0) is 16.5. The summed E-state index contributed by atoms with van der Waals surface area (Å²) in [5.41, 5.74) is 5.25. The Labute approximate surface area is 143 Å². The molecule has 0 saturated heterocycles. The molecule has 0 amide bonds. The second-order valence-corrected chi connectivity index (χ2v) is 6.68. The Morgan fingerprint density at radius 1 is 1.04 bits per heavy atom. The predicted octanol–water partition coefficient (Wildman–Crippen LogP) is 4.48. The van der Waals surface area contributed by atoms with Gasteiger partial charge in [-0.15, -0.1) is 11.3 Å². The first-order valence-corrected chi connectivity index (χ1v) is 8.68. The van der Waals surface area contributed by atoms with Crippen LogP contribution in [0.5, 0.6) is 0 Å². The van der Waals surface area contributed by atoms with Gasteiger partial charge in [0.05, 0.1) is 18.4 Å². The van der Waals surface area contributed by atoms with Gasteiger partial charge in [0.2, 0.25) is 0 Å². The molecule has 118 valence electrons. The van der Waals surface area contributed by atoms with Gasteiger partial charge in [0, 0.05) is 10.9 Å². The van der Waals surface area contributed by atoms with Gasteiger partial charge in [-0.05, 0) is 23.6 Å². The maximum absolute atomic E-state index is 12.8. The molecule has 0 atom stereocenters. The third-order valence-electron chi connectivity index (χ3n) is 4.23. The third kappa shape index (κ3) is 2.55. The number of nitrogens with zero attached hydrogens (tertiary/aromatic N) is 2. The van der Waals surface area contributed by atoms with Crippen LogP contribution in [0.4, 0.5) is 0 Å². The highest BCUT2D eigenvalue weighted by atomic mass is 32.1.